The molecule has 0 aliphatic rings. The fraction of sp³-hybridized carbons (Fsp3) is 0.190. The quantitative estimate of drug-likeness (QED) is 0.406. The van der Waals surface area contributed by atoms with E-state index in [4.69, 9.17) is 4.74 Å². The molecule has 0 spiro atoms. The van der Waals surface area contributed by atoms with Crippen LogP contribution in [0.5, 0.6) is 5.75 Å². The first kappa shape index (κ1) is 18.5. The number of nitrogens with one attached hydrogen (secondary N) is 1. The Morgan fingerprint density at radius 3 is 2.11 bits per heavy atom. The van der Waals surface area contributed by atoms with Gasteiger partial charge in [-0.2, -0.15) is 8.42 Å². The van der Waals surface area contributed by atoms with Crippen molar-refractivity contribution in [2.45, 2.75) is 18.7 Å². The van der Waals surface area contributed by atoms with Gasteiger partial charge in [-0.15, -0.1) is 0 Å². The molecule has 1 amide bonds. The number of hydrogen-bond donors (Lipinski definition) is 2. The minimum atomic E-state index is -4.38. The van der Waals surface area contributed by atoms with Crippen LogP contribution in [0.15, 0.2) is 41.3 Å². The van der Waals surface area contributed by atoms with Crippen molar-refractivity contribution in [3.05, 3.63) is 47.5 Å². The first-order valence-electron chi connectivity index (χ1n) is 8.75. The molecule has 0 fully saturated rings. The number of aryl methyl sites for hydroxylation is 2. The van der Waals surface area contributed by atoms with Crippen molar-refractivity contribution < 1.29 is 22.5 Å². The van der Waals surface area contributed by atoms with Gasteiger partial charge in [0.05, 0.1) is 0 Å². The van der Waals surface area contributed by atoms with Gasteiger partial charge >= 0.3 is 0 Å². The van der Waals surface area contributed by atoms with Crippen LogP contribution >= 0.6 is 0 Å². The van der Waals surface area contributed by atoms with Crippen molar-refractivity contribution >= 4 is 48.3 Å². The number of carbonyl (C=O) groups is 1. The molecule has 4 aromatic carbocycles. The number of rotatable bonds is 4. The summed E-state index contributed by atoms with van der Waals surface area (Å²) in [7, 11) is -2.84. The number of amides is 1. The molecular formula is C21H19NO5S. The summed E-state index contributed by atoms with van der Waals surface area (Å²) in [6, 6.07) is 10.8. The van der Waals surface area contributed by atoms with Crippen molar-refractivity contribution in [1.82, 2.24) is 5.32 Å². The van der Waals surface area contributed by atoms with E-state index in [9.17, 15) is 17.8 Å². The number of carbonyl (C=O) groups excluding carboxylic acids is 1. The second kappa shape index (κ2) is 6.32. The lowest BCUT2D eigenvalue weighted by molar-refractivity contribution is -0.122. The van der Waals surface area contributed by atoms with Crippen molar-refractivity contribution in [3.8, 4) is 5.75 Å². The van der Waals surface area contributed by atoms with Gasteiger partial charge in [-0.1, -0.05) is 18.2 Å². The zero-order chi connectivity index (χ0) is 20.2. The largest absolute Gasteiger partial charge is 0.483 e. The molecule has 2 N–H and O–H groups in total. The maximum Gasteiger partial charge on any atom is 0.295 e. The van der Waals surface area contributed by atoms with Crippen molar-refractivity contribution in [3.63, 3.8) is 0 Å². The standard InChI is InChI=1S/C21H19NO5S/c1-11-8-17(27-10-19(23)22-3)15-6-7-16-18(28(24,25)26)9-12(2)14-5-4-13(11)20(15)21(14)16/h4-9H,10H2,1-3H3,(H,22,23)(H,24,25,26). The normalized spacial score (nSPS) is 12.1. The molecule has 28 heavy (non-hydrogen) atoms. The van der Waals surface area contributed by atoms with Crippen molar-refractivity contribution in [2.75, 3.05) is 13.7 Å². The Morgan fingerprint density at radius 2 is 1.50 bits per heavy atom. The van der Waals surface area contributed by atoms with E-state index in [2.05, 4.69) is 5.32 Å². The van der Waals surface area contributed by atoms with E-state index in [1.165, 1.54) is 6.07 Å². The van der Waals surface area contributed by atoms with Crippen LogP contribution in [0.2, 0.25) is 0 Å². The fourth-order valence-corrected chi connectivity index (χ4v) is 4.59. The molecule has 0 saturated heterocycles. The average molecular weight is 397 g/mol. The molecule has 0 heterocycles. The van der Waals surface area contributed by atoms with E-state index in [1.54, 1.807) is 19.2 Å². The highest BCUT2D eigenvalue weighted by Gasteiger charge is 2.21. The Balaban J connectivity index is 2.14. The lowest BCUT2D eigenvalue weighted by atomic mass is 9.90. The summed E-state index contributed by atoms with van der Waals surface area (Å²) in [5.74, 6) is 0.311. The minimum Gasteiger partial charge on any atom is -0.483 e. The Hall–Kier alpha value is -2.90. The minimum absolute atomic E-state index is 0.110. The van der Waals surface area contributed by atoms with Crippen LogP contribution in [-0.2, 0) is 14.9 Å². The zero-order valence-corrected chi connectivity index (χ0v) is 16.5. The van der Waals surface area contributed by atoms with E-state index in [0.717, 1.165) is 38.1 Å². The van der Waals surface area contributed by atoms with Crippen LogP contribution < -0.4 is 10.1 Å². The van der Waals surface area contributed by atoms with Crippen LogP contribution in [0.25, 0.3) is 32.3 Å². The van der Waals surface area contributed by atoms with Crippen LogP contribution in [0.3, 0.4) is 0 Å². The zero-order valence-electron chi connectivity index (χ0n) is 15.7. The highest BCUT2D eigenvalue weighted by molar-refractivity contribution is 7.86. The molecule has 0 aliphatic carbocycles. The molecule has 0 radical (unpaired) electrons. The summed E-state index contributed by atoms with van der Waals surface area (Å²) in [5, 5.41) is 7.26. The van der Waals surface area contributed by atoms with E-state index in [1.807, 2.05) is 32.0 Å². The first-order valence-corrected chi connectivity index (χ1v) is 10.2. The van der Waals surface area contributed by atoms with Gasteiger partial charge in [0.25, 0.3) is 16.0 Å². The maximum atomic E-state index is 12.0. The third-order valence-electron chi connectivity index (χ3n) is 5.15. The van der Waals surface area contributed by atoms with Gasteiger partial charge in [-0.05, 0) is 59.3 Å². The molecule has 144 valence electrons. The molecule has 6 nitrogen and oxygen atoms in total. The summed E-state index contributed by atoms with van der Waals surface area (Å²) in [5.41, 5.74) is 1.70. The Labute approximate surface area is 162 Å². The van der Waals surface area contributed by atoms with Crippen LogP contribution in [0.1, 0.15) is 11.1 Å². The van der Waals surface area contributed by atoms with Crippen LogP contribution in [-0.4, -0.2) is 32.5 Å². The Bertz CT molecular complexity index is 1360. The van der Waals surface area contributed by atoms with Gasteiger partial charge < -0.3 is 10.1 Å². The van der Waals surface area contributed by atoms with Gasteiger partial charge in [-0.3, -0.25) is 9.35 Å². The molecule has 0 bridgehead atoms. The summed E-state index contributed by atoms with van der Waals surface area (Å²) in [4.78, 5) is 11.5. The van der Waals surface area contributed by atoms with Gasteiger partial charge in [0.1, 0.15) is 10.6 Å². The van der Waals surface area contributed by atoms with Crippen molar-refractivity contribution in [1.29, 1.82) is 0 Å². The first-order chi connectivity index (χ1) is 13.2. The van der Waals surface area contributed by atoms with Crippen molar-refractivity contribution in [2.24, 2.45) is 0 Å². The molecule has 4 rings (SSSR count). The summed E-state index contributed by atoms with van der Waals surface area (Å²) < 4.78 is 39.4. The second-order valence-electron chi connectivity index (χ2n) is 6.89. The average Bonchev–Trinajstić information content (AvgIpc) is 2.65. The van der Waals surface area contributed by atoms with Gasteiger partial charge in [-0.25, -0.2) is 0 Å². The number of benzene rings is 4. The lowest BCUT2D eigenvalue weighted by Crippen LogP contribution is -2.24. The van der Waals surface area contributed by atoms with Crippen LogP contribution in [0, 0.1) is 13.8 Å². The highest BCUT2D eigenvalue weighted by Crippen LogP contribution is 2.43. The van der Waals surface area contributed by atoms with E-state index in [0.29, 0.717) is 11.1 Å². The second-order valence-corrected chi connectivity index (χ2v) is 8.28. The Morgan fingerprint density at radius 1 is 0.964 bits per heavy atom. The summed E-state index contributed by atoms with van der Waals surface area (Å²) in [6.07, 6.45) is 0. The lowest BCUT2D eigenvalue weighted by Gasteiger charge is -2.18. The predicted molar refractivity (Wildman–Crippen MR) is 109 cm³/mol. The van der Waals surface area contributed by atoms with E-state index >= 15 is 0 Å². The summed E-state index contributed by atoms with van der Waals surface area (Å²) >= 11 is 0. The SMILES string of the molecule is CNC(=O)COc1cc(C)c2ccc3c(C)cc(S(=O)(=O)O)c4ccc1c2c34. The highest BCUT2D eigenvalue weighted by atomic mass is 32.2. The Kier molecular flexibility index (Phi) is 4.17. The molecule has 0 unspecified atom stereocenters. The molecule has 0 saturated carbocycles. The number of hydrogen-bond acceptors (Lipinski definition) is 4. The smallest absolute Gasteiger partial charge is 0.295 e. The van der Waals surface area contributed by atoms with E-state index in [-0.39, 0.29) is 17.4 Å². The predicted octanol–water partition coefficient (Wildman–Crippen LogP) is 3.57. The molecule has 0 aliphatic heterocycles. The molecule has 4 aromatic rings. The maximum absolute atomic E-state index is 12.0. The number of likely N-dealkylation sites (N-methyl/N-ethyl adjacent to an activating group) is 1. The van der Waals surface area contributed by atoms with Gasteiger partial charge in [0.2, 0.25) is 0 Å². The third-order valence-corrected chi connectivity index (χ3v) is 6.05. The molecular weight excluding hydrogens is 378 g/mol. The topological polar surface area (TPSA) is 92.7 Å². The fourth-order valence-electron chi connectivity index (χ4n) is 3.82. The number of ether oxygens (including phenoxy) is 1. The molecule has 7 heteroatoms. The van der Waals surface area contributed by atoms with Crippen LogP contribution in [0.4, 0.5) is 0 Å². The molecule has 0 aromatic heterocycles. The molecule has 0 atom stereocenters. The van der Waals surface area contributed by atoms with Gasteiger partial charge in [0.15, 0.2) is 6.61 Å². The van der Waals surface area contributed by atoms with Gasteiger partial charge in [0, 0.05) is 23.2 Å². The summed E-state index contributed by atoms with van der Waals surface area (Å²) in [6.45, 7) is 3.64. The third kappa shape index (κ3) is 2.75. The monoisotopic (exact) mass is 397 g/mol. The van der Waals surface area contributed by atoms with E-state index < -0.39 is 10.1 Å².